The summed E-state index contributed by atoms with van der Waals surface area (Å²) in [7, 11) is 0. The van der Waals surface area contributed by atoms with Gasteiger partial charge in [0.2, 0.25) is 5.95 Å². The zero-order chi connectivity index (χ0) is 15.4. The van der Waals surface area contributed by atoms with Gasteiger partial charge in [-0.2, -0.15) is 10.2 Å². The summed E-state index contributed by atoms with van der Waals surface area (Å²) in [6, 6.07) is 11.3. The molecule has 112 valence electrons. The predicted octanol–water partition coefficient (Wildman–Crippen LogP) is 2.37. The molecule has 0 spiro atoms. The molecule has 1 heterocycles. The van der Waals surface area contributed by atoms with Gasteiger partial charge in [-0.05, 0) is 31.0 Å². The van der Waals surface area contributed by atoms with Crippen LogP contribution in [0.25, 0.3) is 0 Å². The van der Waals surface area contributed by atoms with E-state index in [-0.39, 0.29) is 6.61 Å². The number of benzene rings is 1. The van der Waals surface area contributed by atoms with Gasteiger partial charge in [0.25, 0.3) is 0 Å². The van der Waals surface area contributed by atoms with Gasteiger partial charge in [0.15, 0.2) is 0 Å². The minimum atomic E-state index is 0.0317. The number of aliphatic hydroxyl groups is 1. The van der Waals surface area contributed by atoms with Gasteiger partial charge in [-0.25, -0.2) is 4.98 Å². The van der Waals surface area contributed by atoms with E-state index in [4.69, 9.17) is 10.4 Å². The lowest BCUT2D eigenvalue weighted by atomic mass is 10.2. The Labute approximate surface area is 128 Å². The molecule has 0 unspecified atom stereocenters. The lowest BCUT2D eigenvalue weighted by Gasteiger charge is -2.10. The molecular weight excluding hydrogens is 278 g/mol. The molecule has 0 aliphatic heterocycles. The van der Waals surface area contributed by atoms with Crippen LogP contribution >= 0.6 is 0 Å². The molecule has 0 amide bonds. The van der Waals surface area contributed by atoms with Crippen molar-refractivity contribution >= 4 is 17.5 Å². The quantitative estimate of drug-likeness (QED) is 0.757. The van der Waals surface area contributed by atoms with Crippen molar-refractivity contribution in [1.29, 1.82) is 5.26 Å². The third-order valence-corrected chi connectivity index (χ3v) is 3.40. The molecular formula is C16H17N5O. The fourth-order valence-electron chi connectivity index (χ4n) is 2.18. The Morgan fingerprint density at radius 1 is 1.27 bits per heavy atom. The number of nitrogens with one attached hydrogen (secondary N) is 2. The van der Waals surface area contributed by atoms with Gasteiger partial charge in [-0.1, -0.05) is 6.07 Å². The number of hydrogen-bond donors (Lipinski definition) is 3. The van der Waals surface area contributed by atoms with Crippen molar-refractivity contribution in [2.75, 3.05) is 23.8 Å². The summed E-state index contributed by atoms with van der Waals surface area (Å²) in [4.78, 5) is 8.89. The van der Waals surface area contributed by atoms with E-state index < -0.39 is 0 Å². The molecule has 0 radical (unpaired) electrons. The van der Waals surface area contributed by atoms with Gasteiger partial charge < -0.3 is 15.7 Å². The number of anilines is 3. The SMILES string of the molecule is N#Cc1cccc(Nc2cc(C3CC3)nc(NCCO)n2)c1. The summed E-state index contributed by atoms with van der Waals surface area (Å²) >= 11 is 0. The first kappa shape index (κ1) is 14.3. The predicted molar refractivity (Wildman–Crippen MR) is 84.0 cm³/mol. The molecule has 22 heavy (non-hydrogen) atoms. The van der Waals surface area contributed by atoms with E-state index in [1.54, 1.807) is 12.1 Å². The van der Waals surface area contributed by atoms with Crippen LogP contribution in [0, 0.1) is 11.3 Å². The Balaban J connectivity index is 1.84. The van der Waals surface area contributed by atoms with Crippen molar-refractivity contribution in [2.24, 2.45) is 0 Å². The van der Waals surface area contributed by atoms with Crippen molar-refractivity contribution in [3.63, 3.8) is 0 Å². The summed E-state index contributed by atoms with van der Waals surface area (Å²) in [5, 5.41) is 24.1. The zero-order valence-corrected chi connectivity index (χ0v) is 12.1. The monoisotopic (exact) mass is 295 g/mol. The summed E-state index contributed by atoms with van der Waals surface area (Å²) < 4.78 is 0. The summed E-state index contributed by atoms with van der Waals surface area (Å²) in [6.07, 6.45) is 2.31. The van der Waals surface area contributed by atoms with Crippen LogP contribution in [-0.2, 0) is 0 Å². The number of rotatable bonds is 6. The minimum Gasteiger partial charge on any atom is -0.395 e. The first-order valence-electron chi connectivity index (χ1n) is 7.29. The number of nitrogens with zero attached hydrogens (tertiary/aromatic N) is 3. The first-order chi connectivity index (χ1) is 10.8. The largest absolute Gasteiger partial charge is 0.395 e. The Hall–Kier alpha value is -2.65. The Morgan fingerprint density at radius 2 is 2.14 bits per heavy atom. The van der Waals surface area contributed by atoms with Crippen molar-refractivity contribution < 1.29 is 5.11 Å². The third-order valence-electron chi connectivity index (χ3n) is 3.40. The van der Waals surface area contributed by atoms with E-state index in [0.717, 1.165) is 24.2 Å². The number of nitriles is 1. The first-order valence-corrected chi connectivity index (χ1v) is 7.29. The fourth-order valence-corrected chi connectivity index (χ4v) is 2.18. The average Bonchev–Trinajstić information content (AvgIpc) is 3.38. The second-order valence-corrected chi connectivity index (χ2v) is 5.24. The Morgan fingerprint density at radius 3 is 2.86 bits per heavy atom. The van der Waals surface area contributed by atoms with E-state index in [1.165, 1.54) is 0 Å². The Kier molecular flexibility index (Phi) is 4.17. The molecule has 1 aliphatic carbocycles. The molecule has 1 fully saturated rings. The van der Waals surface area contributed by atoms with Gasteiger partial charge in [0.05, 0.1) is 23.9 Å². The maximum absolute atomic E-state index is 8.96. The summed E-state index contributed by atoms with van der Waals surface area (Å²) in [5.41, 5.74) is 2.42. The van der Waals surface area contributed by atoms with Crippen molar-refractivity contribution in [3.05, 3.63) is 41.6 Å². The summed E-state index contributed by atoms with van der Waals surface area (Å²) in [5.74, 6) is 1.70. The van der Waals surface area contributed by atoms with Gasteiger partial charge >= 0.3 is 0 Å². The lowest BCUT2D eigenvalue weighted by molar-refractivity contribution is 0.311. The van der Waals surface area contributed by atoms with Crippen molar-refractivity contribution in [2.45, 2.75) is 18.8 Å². The van der Waals surface area contributed by atoms with Gasteiger partial charge in [-0.3, -0.25) is 0 Å². The second kappa shape index (κ2) is 6.41. The van der Waals surface area contributed by atoms with Crippen LogP contribution in [0.15, 0.2) is 30.3 Å². The van der Waals surface area contributed by atoms with Gasteiger partial charge in [0, 0.05) is 24.2 Å². The highest BCUT2D eigenvalue weighted by Crippen LogP contribution is 2.40. The molecule has 0 bridgehead atoms. The topological polar surface area (TPSA) is 93.9 Å². The van der Waals surface area contributed by atoms with Crippen LogP contribution in [0.2, 0.25) is 0 Å². The van der Waals surface area contributed by atoms with Crippen molar-refractivity contribution in [3.8, 4) is 6.07 Å². The van der Waals surface area contributed by atoms with Crippen LogP contribution in [-0.4, -0.2) is 28.2 Å². The van der Waals surface area contributed by atoms with E-state index >= 15 is 0 Å². The number of aliphatic hydroxyl groups excluding tert-OH is 1. The number of hydrogen-bond acceptors (Lipinski definition) is 6. The molecule has 3 N–H and O–H groups in total. The molecule has 1 aromatic carbocycles. The smallest absolute Gasteiger partial charge is 0.224 e. The molecule has 0 atom stereocenters. The minimum absolute atomic E-state index is 0.0317. The highest BCUT2D eigenvalue weighted by atomic mass is 16.3. The highest BCUT2D eigenvalue weighted by molar-refractivity contribution is 5.60. The Bertz CT molecular complexity index is 706. The molecule has 2 aromatic rings. The van der Waals surface area contributed by atoms with Crippen LogP contribution in [0.5, 0.6) is 0 Å². The van der Waals surface area contributed by atoms with E-state index in [1.807, 2.05) is 18.2 Å². The standard InChI is InChI=1S/C16H17N5O/c17-10-11-2-1-3-13(8-11)19-15-9-14(12-4-5-12)20-16(21-15)18-6-7-22/h1-3,8-9,12,22H,4-7H2,(H2,18,19,20,21). The average molecular weight is 295 g/mol. The molecule has 6 nitrogen and oxygen atoms in total. The molecule has 6 heteroatoms. The molecule has 0 saturated heterocycles. The zero-order valence-electron chi connectivity index (χ0n) is 12.1. The highest BCUT2D eigenvalue weighted by Gasteiger charge is 2.26. The molecule has 3 rings (SSSR count). The molecule has 1 saturated carbocycles. The molecule has 1 aromatic heterocycles. The third kappa shape index (κ3) is 3.51. The van der Waals surface area contributed by atoms with E-state index in [0.29, 0.717) is 29.8 Å². The normalized spacial score (nSPS) is 13.5. The summed E-state index contributed by atoms with van der Waals surface area (Å²) in [6.45, 7) is 0.446. The van der Waals surface area contributed by atoms with Crippen molar-refractivity contribution in [1.82, 2.24) is 9.97 Å². The van der Waals surface area contributed by atoms with Gasteiger partial charge in [0.1, 0.15) is 5.82 Å². The van der Waals surface area contributed by atoms with Crippen LogP contribution < -0.4 is 10.6 Å². The molecule has 1 aliphatic rings. The van der Waals surface area contributed by atoms with Gasteiger partial charge in [-0.15, -0.1) is 0 Å². The number of aromatic nitrogens is 2. The van der Waals surface area contributed by atoms with Crippen LogP contribution in [0.1, 0.15) is 30.0 Å². The van der Waals surface area contributed by atoms with E-state index in [9.17, 15) is 0 Å². The lowest BCUT2D eigenvalue weighted by Crippen LogP contribution is -2.10. The van der Waals surface area contributed by atoms with Crippen LogP contribution in [0.3, 0.4) is 0 Å². The van der Waals surface area contributed by atoms with E-state index in [2.05, 4.69) is 26.7 Å². The van der Waals surface area contributed by atoms with Crippen LogP contribution in [0.4, 0.5) is 17.5 Å². The second-order valence-electron chi connectivity index (χ2n) is 5.24. The maximum Gasteiger partial charge on any atom is 0.224 e. The fraction of sp³-hybridized carbons (Fsp3) is 0.312. The maximum atomic E-state index is 8.96.